The van der Waals surface area contributed by atoms with Crippen LogP contribution in [0.5, 0.6) is 0 Å². The number of carbonyl (C=O) groups is 4. The number of benzene rings is 2. The van der Waals surface area contributed by atoms with Crippen LogP contribution in [0.4, 0.5) is 4.79 Å². The highest BCUT2D eigenvalue weighted by atomic mass is 16.6. The van der Waals surface area contributed by atoms with E-state index < -0.39 is 41.6 Å². The van der Waals surface area contributed by atoms with Crippen molar-refractivity contribution in [2.75, 3.05) is 0 Å². The van der Waals surface area contributed by atoms with Gasteiger partial charge in [-0.15, -0.1) is 0 Å². The van der Waals surface area contributed by atoms with Gasteiger partial charge in [-0.1, -0.05) is 62.4 Å². The van der Waals surface area contributed by atoms with E-state index in [1.165, 1.54) is 12.1 Å². The zero-order valence-corrected chi connectivity index (χ0v) is 20.9. The Kier molecular flexibility index (Phi) is 9.99. The molecule has 8 nitrogen and oxygen atoms in total. The highest BCUT2D eigenvalue weighted by Crippen LogP contribution is 2.12. The fourth-order valence-corrected chi connectivity index (χ4v) is 3.26. The van der Waals surface area contributed by atoms with Gasteiger partial charge in [0.2, 0.25) is 5.91 Å². The third-order valence-corrected chi connectivity index (χ3v) is 4.80. The maximum absolute atomic E-state index is 13.2. The molecule has 0 aliphatic heterocycles. The van der Waals surface area contributed by atoms with Gasteiger partial charge in [-0.3, -0.25) is 4.79 Å². The van der Waals surface area contributed by atoms with E-state index >= 15 is 0 Å². The molecule has 2 aromatic rings. The summed E-state index contributed by atoms with van der Waals surface area (Å²) in [6, 6.07) is 15.1. The summed E-state index contributed by atoms with van der Waals surface area (Å²) < 4.78 is 10.4. The molecule has 0 bridgehead atoms. The summed E-state index contributed by atoms with van der Waals surface area (Å²) in [6.07, 6.45) is -0.310. The molecule has 0 saturated carbocycles. The number of esters is 2. The third kappa shape index (κ3) is 10.00. The number of ether oxygens (including phenoxy) is 2. The molecular weight excluding hydrogens is 448 g/mol. The van der Waals surface area contributed by atoms with Crippen LogP contribution in [0.3, 0.4) is 0 Å². The molecule has 2 amide bonds. The fraction of sp³-hybridized carbons (Fsp3) is 0.407. The van der Waals surface area contributed by atoms with Gasteiger partial charge in [0.15, 0.2) is 0 Å². The Morgan fingerprint density at radius 3 is 1.94 bits per heavy atom. The van der Waals surface area contributed by atoms with Crippen molar-refractivity contribution in [2.45, 2.75) is 65.1 Å². The first-order valence-corrected chi connectivity index (χ1v) is 11.6. The Hall–Kier alpha value is -3.68. The molecule has 188 valence electrons. The minimum absolute atomic E-state index is 0.0693. The van der Waals surface area contributed by atoms with Crippen LogP contribution >= 0.6 is 0 Å². The minimum Gasteiger partial charge on any atom is -0.444 e. The normalized spacial score (nSPS) is 12.9. The molecular formula is C27H34N2O6. The first-order valence-electron chi connectivity index (χ1n) is 11.6. The standard InChI is InChI=1S/C27H34N2O6/c1-18(2)16-21(29-26(33)35-27(3,4)5)23(30)28-22(17-19-12-8-6-9-13-19)25(32)34-24(31)20-14-10-7-11-15-20/h6-15,18,21-22H,16-17H2,1-5H3,(H,28,30)(H,29,33)/t21-,22-/m0/s1. The Bertz CT molecular complexity index is 999. The van der Waals surface area contributed by atoms with Crippen molar-refractivity contribution in [1.29, 1.82) is 0 Å². The summed E-state index contributed by atoms with van der Waals surface area (Å²) in [5.41, 5.74) is 0.248. The van der Waals surface area contributed by atoms with E-state index in [1.807, 2.05) is 19.9 Å². The van der Waals surface area contributed by atoms with Crippen LogP contribution < -0.4 is 10.6 Å². The van der Waals surface area contributed by atoms with Crippen molar-refractivity contribution in [3.8, 4) is 0 Å². The summed E-state index contributed by atoms with van der Waals surface area (Å²) in [6.45, 7) is 8.98. The van der Waals surface area contributed by atoms with Gasteiger partial charge in [0.1, 0.15) is 17.7 Å². The molecule has 0 saturated heterocycles. The number of hydrogen-bond donors (Lipinski definition) is 2. The lowest BCUT2D eigenvalue weighted by atomic mass is 10.0. The van der Waals surface area contributed by atoms with E-state index in [4.69, 9.17) is 9.47 Å². The monoisotopic (exact) mass is 482 g/mol. The van der Waals surface area contributed by atoms with Crippen LogP contribution in [-0.4, -0.2) is 41.6 Å². The van der Waals surface area contributed by atoms with Crippen molar-refractivity contribution in [2.24, 2.45) is 5.92 Å². The number of alkyl carbamates (subject to hydrolysis) is 1. The largest absolute Gasteiger partial charge is 0.444 e. The van der Waals surface area contributed by atoms with Gasteiger partial charge in [-0.25, -0.2) is 14.4 Å². The first-order chi connectivity index (χ1) is 16.4. The van der Waals surface area contributed by atoms with Crippen LogP contribution in [0.15, 0.2) is 60.7 Å². The summed E-state index contributed by atoms with van der Waals surface area (Å²) >= 11 is 0. The smallest absolute Gasteiger partial charge is 0.408 e. The second-order valence-electron chi connectivity index (χ2n) is 9.65. The van der Waals surface area contributed by atoms with Gasteiger partial charge >= 0.3 is 18.0 Å². The number of hydrogen-bond acceptors (Lipinski definition) is 6. The molecule has 2 N–H and O–H groups in total. The molecule has 0 spiro atoms. The van der Waals surface area contributed by atoms with Gasteiger partial charge in [0.25, 0.3) is 0 Å². The van der Waals surface area contributed by atoms with Crippen molar-refractivity contribution in [3.63, 3.8) is 0 Å². The average molecular weight is 483 g/mol. The van der Waals surface area contributed by atoms with Crippen molar-refractivity contribution >= 4 is 23.9 Å². The van der Waals surface area contributed by atoms with Crippen molar-refractivity contribution < 1.29 is 28.7 Å². The molecule has 0 unspecified atom stereocenters. The topological polar surface area (TPSA) is 111 Å². The number of rotatable bonds is 9. The van der Waals surface area contributed by atoms with Crippen LogP contribution in [-0.2, 0) is 25.5 Å². The van der Waals surface area contributed by atoms with Gasteiger partial charge in [0.05, 0.1) is 5.56 Å². The number of nitrogens with one attached hydrogen (secondary N) is 2. The first kappa shape index (κ1) is 27.6. The van der Waals surface area contributed by atoms with Crippen LogP contribution in [0.2, 0.25) is 0 Å². The summed E-state index contributed by atoms with van der Waals surface area (Å²) in [5.74, 6) is -2.21. The molecule has 0 fully saturated rings. The Morgan fingerprint density at radius 2 is 1.40 bits per heavy atom. The predicted molar refractivity (Wildman–Crippen MR) is 132 cm³/mol. The summed E-state index contributed by atoms with van der Waals surface area (Å²) in [5, 5.41) is 5.25. The SMILES string of the molecule is CC(C)C[C@H](NC(=O)OC(C)(C)C)C(=O)N[C@@H](Cc1ccccc1)C(=O)OC(=O)c1ccccc1. The molecule has 8 heteroatoms. The van der Waals surface area contributed by atoms with E-state index in [2.05, 4.69) is 10.6 Å². The van der Waals surface area contributed by atoms with E-state index in [9.17, 15) is 19.2 Å². The second-order valence-corrected chi connectivity index (χ2v) is 9.65. The maximum Gasteiger partial charge on any atom is 0.408 e. The zero-order chi connectivity index (χ0) is 26.0. The molecule has 2 atom stereocenters. The molecule has 2 aromatic carbocycles. The lowest BCUT2D eigenvalue weighted by Crippen LogP contribution is -2.53. The highest BCUT2D eigenvalue weighted by Gasteiger charge is 2.31. The Morgan fingerprint density at radius 1 is 0.829 bits per heavy atom. The average Bonchev–Trinajstić information content (AvgIpc) is 2.77. The Balaban J connectivity index is 2.20. The minimum atomic E-state index is -1.15. The predicted octanol–water partition coefficient (Wildman–Crippen LogP) is 4.04. The van der Waals surface area contributed by atoms with Gasteiger partial charge in [-0.2, -0.15) is 0 Å². The molecule has 35 heavy (non-hydrogen) atoms. The van der Waals surface area contributed by atoms with Crippen LogP contribution in [0.25, 0.3) is 0 Å². The van der Waals surface area contributed by atoms with Crippen LogP contribution in [0, 0.1) is 5.92 Å². The van der Waals surface area contributed by atoms with Gasteiger partial charge < -0.3 is 20.1 Å². The summed E-state index contributed by atoms with van der Waals surface area (Å²) in [7, 11) is 0. The van der Waals surface area contributed by atoms with E-state index in [-0.39, 0.29) is 17.9 Å². The number of carbonyl (C=O) groups excluding carboxylic acids is 4. The third-order valence-electron chi connectivity index (χ3n) is 4.80. The van der Waals surface area contributed by atoms with Gasteiger partial charge in [-0.05, 0) is 50.8 Å². The molecule has 0 aliphatic carbocycles. The Labute approximate surface area is 206 Å². The van der Waals surface area contributed by atoms with Crippen molar-refractivity contribution in [1.82, 2.24) is 10.6 Å². The van der Waals surface area contributed by atoms with Crippen molar-refractivity contribution in [3.05, 3.63) is 71.8 Å². The molecule has 0 radical (unpaired) electrons. The zero-order valence-electron chi connectivity index (χ0n) is 20.9. The second kappa shape index (κ2) is 12.7. The number of amides is 2. The highest BCUT2D eigenvalue weighted by molar-refractivity contribution is 5.99. The fourth-order valence-electron chi connectivity index (χ4n) is 3.26. The lowest BCUT2D eigenvalue weighted by Gasteiger charge is -2.25. The van der Waals surface area contributed by atoms with Crippen LogP contribution in [0.1, 0.15) is 57.0 Å². The quantitative estimate of drug-likeness (QED) is 0.412. The maximum atomic E-state index is 13.2. The van der Waals surface area contributed by atoms with E-state index in [1.54, 1.807) is 63.2 Å². The lowest BCUT2D eigenvalue weighted by molar-refractivity contribution is -0.143. The molecule has 0 heterocycles. The molecule has 0 aliphatic rings. The van der Waals surface area contributed by atoms with E-state index in [0.717, 1.165) is 5.56 Å². The molecule has 2 rings (SSSR count). The molecule has 0 aromatic heterocycles. The summed E-state index contributed by atoms with van der Waals surface area (Å²) in [4.78, 5) is 50.9. The van der Waals surface area contributed by atoms with Gasteiger partial charge in [0, 0.05) is 6.42 Å². The van der Waals surface area contributed by atoms with E-state index in [0.29, 0.717) is 6.42 Å².